The zero-order chi connectivity index (χ0) is 13.9. The molecule has 2 heterocycles. The molecule has 0 amide bonds. The van der Waals surface area contributed by atoms with Gasteiger partial charge in [-0.15, -0.1) is 0 Å². The molecule has 2 unspecified atom stereocenters. The predicted octanol–water partition coefficient (Wildman–Crippen LogP) is 2.23. The average molecular weight is 270 g/mol. The summed E-state index contributed by atoms with van der Waals surface area (Å²) < 4.78 is 11.6. The van der Waals surface area contributed by atoms with Crippen molar-refractivity contribution in [3.8, 4) is 0 Å². The largest absolute Gasteiger partial charge is 0.381 e. The average Bonchev–Trinajstić information content (AvgIpc) is 2.40. The first kappa shape index (κ1) is 15.2. The van der Waals surface area contributed by atoms with Gasteiger partial charge < -0.3 is 9.47 Å². The van der Waals surface area contributed by atoms with Gasteiger partial charge in [-0.05, 0) is 43.4 Å². The molecule has 0 aliphatic carbocycles. The van der Waals surface area contributed by atoms with E-state index in [9.17, 15) is 0 Å². The van der Waals surface area contributed by atoms with Crippen LogP contribution in [-0.2, 0) is 9.47 Å². The fourth-order valence-corrected chi connectivity index (χ4v) is 3.66. The van der Waals surface area contributed by atoms with Gasteiger partial charge in [0.25, 0.3) is 0 Å². The summed E-state index contributed by atoms with van der Waals surface area (Å²) in [4.78, 5) is 0. The third-order valence-electron chi connectivity index (χ3n) is 5.34. The summed E-state index contributed by atoms with van der Waals surface area (Å²) in [6, 6.07) is 0.362. The van der Waals surface area contributed by atoms with E-state index in [1.54, 1.807) is 0 Å². The van der Waals surface area contributed by atoms with E-state index in [0.717, 1.165) is 51.9 Å². The number of hydrogen-bond donors (Lipinski definition) is 2. The van der Waals surface area contributed by atoms with E-state index in [1.165, 1.54) is 0 Å². The maximum absolute atomic E-state index is 6.13. The summed E-state index contributed by atoms with van der Waals surface area (Å²) >= 11 is 0. The molecule has 0 radical (unpaired) electrons. The Labute approximate surface area is 117 Å². The Bertz CT molecular complexity index is 282. The maximum Gasteiger partial charge on any atom is 0.0729 e. The summed E-state index contributed by atoms with van der Waals surface area (Å²) in [6.45, 7) is 9.40. The van der Waals surface area contributed by atoms with Crippen molar-refractivity contribution in [1.82, 2.24) is 5.43 Å². The number of nitrogens with one attached hydrogen (secondary N) is 1. The normalized spacial score (nSPS) is 29.4. The van der Waals surface area contributed by atoms with Crippen molar-refractivity contribution >= 4 is 0 Å². The second-order valence-electron chi connectivity index (χ2n) is 6.88. The Morgan fingerprint density at radius 1 is 1.32 bits per heavy atom. The van der Waals surface area contributed by atoms with E-state index in [1.807, 2.05) is 0 Å². The Balaban J connectivity index is 2.07. The van der Waals surface area contributed by atoms with Crippen molar-refractivity contribution in [3.63, 3.8) is 0 Å². The van der Waals surface area contributed by atoms with Crippen LogP contribution in [0.2, 0.25) is 0 Å². The van der Waals surface area contributed by atoms with Crippen LogP contribution >= 0.6 is 0 Å². The molecule has 112 valence electrons. The van der Waals surface area contributed by atoms with Gasteiger partial charge in [0.15, 0.2) is 0 Å². The lowest BCUT2D eigenvalue weighted by atomic mass is 9.69. The third kappa shape index (κ3) is 3.30. The van der Waals surface area contributed by atoms with Crippen LogP contribution in [0.15, 0.2) is 0 Å². The molecule has 1 spiro atoms. The second kappa shape index (κ2) is 6.08. The number of rotatable bonds is 4. The number of hydrazine groups is 1. The molecule has 2 saturated heterocycles. The fraction of sp³-hybridized carbons (Fsp3) is 1.00. The highest BCUT2D eigenvalue weighted by Crippen LogP contribution is 2.42. The van der Waals surface area contributed by atoms with Crippen molar-refractivity contribution < 1.29 is 9.47 Å². The SMILES string of the molecule is CCC(C)(C)C(NN)C1CCOC2(CCOCC2)C1. The van der Waals surface area contributed by atoms with E-state index >= 15 is 0 Å². The smallest absolute Gasteiger partial charge is 0.0729 e. The summed E-state index contributed by atoms with van der Waals surface area (Å²) in [5.41, 5.74) is 3.38. The molecular weight excluding hydrogens is 240 g/mol. The van der Waals surface area contributed by atoms with Gasteiger partial charge in [0.05, 0.1) is 5.60 Å². The van der Waals surface area contributed by atoms with Gasteiger partial charge in [-0.1, -0.05) is 20.8 Å². The summed E-state index contributed by atoms with van der Waals surface area (Å²) in [5.74, 6) is 6.47. The Kier molecular flexibility index (Phi) is 4.88. The predicted molar refractivity (Wildman–Crippen MR) is 76.6 cm³/mol. The van der Waals surface area contributed by atoms with E-state index < -0.39 is 0 Å². The molecule has 2 aliphatic rings. The minimum absolute atomic E-state index is 0.0556. The molecular formula is C15H30N2O2. The van der Waals surface area contributed by atoms with Gasteiger partial charge in [-0.2, -0.15) is 0 Å². The Hall–Kier alpha value is -0.160. The monoisotopic (exact) mass is 270 g/mol. The summed E-state index contributed by atoms with van der Waals surface area (Å²) in [5, 5.41) is 0. The van der Waals surface area contributed by atoms with Crippen molar-refractivity contribution in [2.45, 2.75) is 64.5 Å². The topological polar surface area (TPSA) is 56.5 Å². The number of nitrogens with two attached hydrogens (primary N) is 1. The lowest BCUT2D eigenvalue weighted by Gasteiger charge is -2.48. The molecule has 4 heteroatoms. The van der Waals surface area contributed by atoms with Gasteiger partial charge in [0.2, 0.25) is 0 Å². The van der Waals surface area contributed by atoms with Gasteiger partial charge in [0, 0.05) is 25.9 Å². The second-order valence-corrected chi connectivity index (χ2v) is 6.88. The van der Waals surface area contributed by atoms with Gasteiger partial charge >= 0.3 is 0 Å². The van der Waals surface area contributed by atoms with Crippen LogP contribution in [0.4, 0.5) is 0 Å². The highest BCUT2D eigenvalue weighted by atomic mass is 16.5. The van der Waals surface area contributed by atoms with Crippen LogP contribution in [0, 0.1) is 11.3 Å². The molecule has 0 aromatic heterocycles. The first-order valence-electron chi connectivity index (χ1n) is 7.71. The Morgan fingerprint density at radius 2 is 2.00 bits per heavy atom. The molecule has 0 aromatic rings. The quantitative estimate of drug-likeness (QED) is 0.607. The third-order valence-corrected chi connectivity index (χ3v) is 5.34. The van der Waals surface area contributed by atoms with Crippen LogP contribution in [0.25, 0.3) is 0 Å². The van der Waals surface area contributed by atoms with Crippen LogP contribution in [0.1, 0.15) is 52.9 Å². The standard InChI is InChI=1S/C15H30N2O2/c1-4-14(2,3)13(17-16)12-5-8-19-15(11-12)6-9-18-10-7-15/h12-13,17H,4-11,16H2,1-3H3. The van der Waals surface area contributed by atoms with E-state index in [2.05, 4.69) is 26.2 Å². The summed E-state index contributed by atoms with van der Waals surface area (Å²) in [6.07, 6.45) is 5.44. The lowest BCUT2D eigenvalue weighted by Crippen LogP contribution is -2.55. The molecule has 2 fully saturated rings. The van der Waals surface area contributed by atoms with Crippen molar-refractivity contribution in [2.75, 3.05) is 19.8 Å². The highest BCUT2D eigenvalue weighted by molar-refractivity contribution is 4.96. The Morgan fingerprint density at radius 3 is 2.58 bits per heavy atom. The van der Waals surface area contributed by atoms with Crippen LogP contribution in [0.3, 0.4) is 0 Å². The zero-order valence-electron chi connectivity index (χ0n) is 12.7. The molecule has 0 aromatic carbocycles. The number of ether oxygens (including phenoxy) is 2. The number of hydrogen-bond acceptors (Lipinski definition) is 4. The molecule has 3 N–H and O–H groups in total. The van der Waals surface area contributed by atoms with Crippen molar-refractivity contribution in [1.29, 1.82) is 0 Å². The van der Waals surface area contributed by atoms with Gasteiger partial charge in [-0.3, -0.25) is 11.3 Å². The molecule has 19 heavy (non-hydrogen) atoms. The zero-order valence-corrected chi connectivity index (χ0v) is 12.7. The van der Waals surface area contributed by atoms with Crippen LogP contribution < -0.4 is 11.3 Å². The first-order chi connectivity index (χ1) is 9.03. The minimum Gasteiger partial charge on any atom is -0.381 e. The van der Waals surface area contributed by atoms with Crippen molar-refractivity contribution in [3.05, 3.63) is 0 Å². The molecule has 2 atom stereocenters. The summed E-state index contributed by atoms with van der Waals surface area (Å²) in [7, 11) is 0. The highest BCUT2D eigenvalue weighted by Gasteiger charge is 2.44. The van der Waals surface area contributed by atoms with Gasteiger partial charge in [-0.25, -0.2) is 0 Å². The van der Waals surface area contributed by atoms with E-state index in [4.69, 9.17) is 15.3 Å². The molecule has 0 saturated carbocycles. The minimum atomic E-state index is 0.0556. The molecule has 4 nitrogen and oxygen atoms in total. The van der Waals surface area contributed by atoms with Crippen LogP contribution in [0.5, 0.6) is 0 Å². The maximum atomic E-state index is 6.13. The molecule has 2 aliphatic heterocycles. The van der Waals surface area contributed by atoms with E-state index in [0.29, 0.717) is 12.0 Å². The fourth-order valence-electron chi connectivity index (χ4n) is 3.66. The van der Waals surface area contributed by atoms with Crippen molar-refractivity contribution in [2.24, 2.45) is 17.2 Å². The van der Waals surface area contributed by atoms with E-state index in [-0.39, 0.29) is 11.0 Å². The molecule has 2 rings (SSSR count). The first-order valence-corrected chi connectivity index (χ1v) is 7.71. The van der Waals surface area contributed by atoms with Gasteiger partial charge in [0.1, 0.15) is 0 Å². The molecule has 0 bridgehead atoms. The van der Waals surface area contributed by atoms with Crippen LogP contribution in [-0.4, -0.2) is 31.5 Å². The lowest BCUT2D eigenvalue weighted by molar-refractivity contribution is -0.154.